The molecule has 120 valence electrons. The van der Waals surface area contributed by atoms with Gasteiger partial charge in [-0.2, -0.15) is 0 Å². The molecule has 0 aliphatic heterocycles. The second kappa shape index (κ2) is 6.36. The van der Waals surface area contributed by atoms with Crippen molar-refractivity contribution < 1.29 is 4.79 Å². The Morgan fingerprint density at radius 1 is 1.17 bits per heavy atom. The summed E-state index contributed by atoms with van der Waals surface area (Å²) in [6, 6.07) is 10.1. The van der Waals surface area contributed by atoms with Gasteiger partial charge in [-0.25, -0.2) is 9.97 Å². The lowest BCUT2D eigenvalue weighted by atomic mass is 10.0. The Hall–Kier alpha value is -2.43. The first-order chi connectivity index (χ1) is 11.0. The van der Waals surface area contributed by atoms with Gasteiger partial charge >= 0.3 is 0 Å². The second-order valence-electron chi connectivity index (χ2n) is 6.34. The number of carbonyl (C=O) groups excluding carboxylic acids is 1. The number of hydrogen-bond acceptors (Lipinski definition) is 4. The number of anilines is 2. The van der Waals surface area contributed by atoms with Gasteiger partial charge in [-0.3, -0.25) is 4.79 Å². The first kappa shape index (κ1) is 15.5. The molecule has 1 amide bonds. The fourth-order valence-corrected chi connectivity index (χ4v) is 2.34. The van der Waals surface area contributed by atoms with Crippen molar-refractivity contribution in [3.8, 4) is 0 Å². The normalized spacial score (nSPS) is 13.9. The van der Waals surface area contributed by atoms with E-state index in [0.717, 1.165) is 24.3 Å². The van der Waals surface area contributed by atoms with Crippen LogP contribution < -0.4 is 10.6 Å². The van der Waals surface area contributed by atoms with Crippen molar-refractivity contribution in [2.75, 3.05) is 10.6 Å². The van der Waals surface area contributed by atoms with Gasteiger partial charge in [0.25, 0.3) is 5.91 Å². The molecule has 0 spiro atoms. The van der Waals surface area contributed by atoms with Crippen molar-refractivity contribution in [3.05, 3.63) is 47.4 Å². The van der Waals surface area contributed by atoms with Gasteiger partial charge in [-0.15, -0.1) is 0 Å². The summed E-state index contributed by atoms with van der Waals surface area (Å²) in [7, 11) is 0. The fourth-order valence-electron chi connectivity index (χ4n) is 2.34. The van der Waals surface area contributed by atoms with Crippen LogP contribution in [0.5, 0.6) is 0 Å². The first-order valence-electron chi connectivity index (χ1n) is 8.05. The van der Waals surface area contributed by atoms with Crippen LogP contribution in [0.3, 0.4) is 0 Å². The van der Waals surface area contributed by atoms with Crippen LogP contribution >= 0.6 is 0 Å². The zero-order valence-corrected chi connectivity index (χ0v) is 13.8. The second-order valence-corrected chi connectivity index (χ2v) is 6.34. The number of aromatic nitrogens is 2. The smallest absolute Gasteiger partial charge is 0.274 e. The highest BCUT2D eigenvalue weighted by Crippen LogP contribution is 2.24. The molecule has 1 aliphatic carbocycles. The van der Waals surface area contributed by atoms with E-state index in [9.17, 15) is 4.79 Å². The average molecular weight is 310 g/mol. The van der Waals surface area contributed by atoms with E-state index in [1.807, 2.05) is 24.3 Å². The van der Waals surface area contributed by atoms with Gasteiger partial charge < -0.3 is 10.6 Å². The molecule has 1 heterocycles. The number of nitrogens with zero attached hydrogens (tertiary/aromatic N) is 2. The fraction of sp³-hybridized carbons (Fsp3) is 0.389. The predicted octanol–water partition coefficient (Wildman–Crippen LogP) is 3.74. The lowest BCUT2D eigenvalue weighted by Crippen LogP contribution is -2.16. The third-order valence-corrected chi connectivity index (χ3v) is 3.84. The standard InChI is InChI=1S/C18H22N4O/c1-11(2)13-4-6-15(7-5-13)22-18(23)16-10-17(20-12(3)19-16)21-14-8-9-14/h4-7,10-11,14H,8-9H2,1-3H3,(H,22,23)(H,19,20,21). The summed E-state index contributed by atoms with van der Waals surface area (Å²) in [5.41, 5.74) is 2.40. The van der Waals surface area contributed by atoms with Gasteiger partial charge in [0.15, 0.2) is 0 Å². The minimum absolute atomic E-state index is 0.216. The van der Waals surface area contributed by atoms with E-state index in [-0.39, 0.29) is 5.91 Å². The van der Waals surface area contributed by atoms with Crippen molar-refractivity contribution in [2.45, 2.75) is 45.6 Å². The topological polar surface area (TPSA) is 66.9 Å². The molecule has 0 bridgehead atoms. The van der Waals surface area contributed by atoms with Crippen LogP contribution in [0.15, 0.2) is 30.3 Å². The zero-order valence-electron chi connectivity index (χ0n) is 13.8. The number of benzene rings is 1. The van der Waals surface area contributed by atoms with Crippen molar-refractivity contribution in [1.82, 2.24) is 9.97 Å². The van der Waals surface area contributed by atoms with Crippen LogP contribution in [0.1, 0.15) is 54.5 Å². The maximum Gasteiger partial charge on any atom is 0.274 e. The molecule has 23 heavy (non-hydrogen) atoms. The van der Waals surface area contributed by atoms with Gasteiger partial charge in [0.05, 0.1) is 0 Å². The largest absolute Gasteiger partial charge is 0.367 e. The molecule has 5 nitrogen and oxygen atoms in total. The Morgan fingerprint density at radius 3 is 2.48 bits per heavy atom. The van der Waals surface area contributed by atoms with Crippen molar-refractivity contribution in [3.63, 3.8) is 0 Å². The summed E-state index contributed by atoms with van der Waals surface area (Å²) < 4.78 is 0. The SMILES string of the molecule is Cc1nc(NC2CC2)cc(C(=O)Nc2ccc(C(C)C)cc2)n1. The monoisotopic (exact) mass is 310 g/mol. The van der Waals surface area contributed by atoms with E-state index in [0.29, 0.717) is 23.5 Å². The molecule has 1 aromatic heterocycles. The molecule has 3 rings (SSSR count). The Kier molecular flexibility index (Phi) is 4.28. The van der Waals surface area contributed by atoms with Crippen LogP contribution in [-0.2, 0) is 0 Å². The van der Waals surface area contributed by atoms with E-state index >= 15 is 0 Å². The molecule has 5 heteroatoms. The first-order valence-corrected chi connectivity index (χ1v) is 8.05. The quantitative estimate of drug-likeness (QED) is 0.883. The van der Waals surface area contributed by atoms with E-state index in [2.05, 4.69) is 34.4 Å². The number of carbonyl (C=O) groups is 1. The Morgan fingerprint density at radius 2 is 1.87 bits per heavy atom. The molecule has 2 aromatic rings. The van der Waals surface area contributed by atoms with Crippen LogP contribution in [-0.4, -0.2) is 21.9 Å². The lowest BCUT2D eigenvalue weighted by molar-refractivity contribution is 0.102. The van der Waals surface area contributed by atoms with Gasteiger partial charge in [-0.1, -0.05) is 26.0 Å². The van der Waals surface area contributed by atoms with Gasteiger partial charge in [-0.05, 0) is 43.4 Å². The average Bonchev–Trinajstić information content (AvgIpc) is 3.31. The van der Waals surface area contributed by atoms with E-state index in [4.69, 9.17) is 0 Å². The number of rotatable bonds is 5. The summed E-state index contributed by atoms with van der Waals surface area (Å²) in [6.45, 7) is 6.09. The molecule has 1 saturated carbocycles. The Labute approximate surface area is 136 Å². The summed E-state index contributed by atoms with van der Waals surface area (Å²) in [5.74, 6) is 1.57. The van der Waals surface area contributed by atoms with Gasteiger partial charge in [0, 0.05) is 17.8 Å². The van der Waals surface area contributed by atoms with E-state index in [1.54, 1.807) is 13.0 Å². The number of amides is 1. The summed E-state index contributed by atoms with van der Waals surface area (Å²) in [4.78, 5) is 21.0. The molecular formula is C18H22N4O. The number of aryl methyl sites for hydroxylation is 1. The van der Waals surface area contributed by atoms with Crippen LogP contribution in [0.25, 0.3) is 0 Å². The summed E-state index contributed by atoms with van der Waals surface area (Å²) in [5, 5.41) is 6.20. The highest BCUT2D eigenvalue weighted by atomic mass is 16.1. The van der Waals surface area contributed by atoms with Crippen molar-refractivity contribution in [1.29, 1.82) is 0 Å². The third-order valence-electron chi connectivity index (χ3n) is 3.84. The molecule has 1 fully saturated rings. The zero-order chi connectivity index (χ0) is 16.4. The third kappa shape index (κ3) is 4.06. The highest BCUT2D eigenvalue weighted by molar-refractivity contribution is 6.03. The minimum Gasteiger partial charge on any atom is -0.367 e. The van der Waals surface area contributed by atoms with Crippen LogP contribution in [0.4, 0.5) is 11.5 Å². The van der Waals surface area contributed by atoms with Crippen LogP contribution in [0.2, 0.25) is 0 Å². The molecule has 0 radical (unpaired) electrons. The molecular weight excluding hydrogens is 288 g/mol. The van der Waals surface area contributed by atoms with E-state index in [1.165, 1.54) is 5.56 Å². The lowest BCUT2D eigenvalue weighted by Gasteiger charge is -2.10. The van der Waals surface area contributed by atoms with Crippen molar-refractivity contribution >= 4 is 17.4 Å². The highest BCUT2D eigenvalue weighted by Gasteiger charge is 2.22. The van der Waals surface area contributed by atoms with Gasteiger partial charge in [0.2, 0.25) is 0 Å². The van der Waals surface area contributed by atoms with Crippen LogP contribution in [0, 0.1) is 6.92 Å². The maximum absolute atomic E-state index is 12.4. The molecule has 2 N–H and O–H groups in total. The Balaban J connectivity index is 1.73. The molecule has 0 unspecified atom stereocenters. The molecule has 1 aromatic carbocycles. The minimum atomic E-state index is -0.216. The summed E-state index contributed by atoms with van der Waals surface area (Å²) in [6.07, 6.45) is 2.32. The Bertz CT molecular complexity index is 705. The van der Waals surface area contributed by atoms with Crippen molar-refractivity contribution in [2.24, 2.45) is 0 Å². The molecule has 1 aliphatic rings. The number of nitrogens with one attached hydrogen (secondary N) is 2. The molecule has 0 atom stereocenters. The summed E-state index contributed by atoms with van der Waals surface area (Å²) >= 11 is 0. The number of hydrogen-bond donors (Lipinski definition) is 2. The molecule has 0 saturated heterocycles. The predicted molar refractivity (Wildman–Crippen MR) is 91.9 cm³/mol. The van der Waals surface area contributed by atoms with Gasteiger partial charge in [0.1, 0.15) is 17.3 Å². The van der Waals surface area contributed by atoms with E-state index < -0.39 is 0 Å². The maximum atomic E-state index is 12.4.